The van der Waals surface area contributed by atoms with Crippen molar-refractivity contribution in [1.29, 1.82) is 0 Å². The lowest BCUT2D eigenvalue weighted by Gasteiger charge is -2.10. The lowest BCUT2D eigenvalue weighted by Crippen LogP contribution is -1.93. The molecule has 0 aliphatic carbocycles. The molecule has 0 aliphatic rings. The quantitative estimate of drug-likeness (QED) is 0.585. The van der Waals surface area contributed by atoms with Crippen LogP contribution in [0.5, 0.6) is 0 Å². The molecule has 0 fully saturated rings. The second-order valence-corrected chi connectivity index (χ2v) is 5.66. The molecule has 2 unspecified atom stereocenters. The van der Waals surface area contributed by atoms with E-state index in [9.17, 15) is 9.13 Å². The summed E-state index contributed by atoms with van der Waals surface area (Å²) in [5, 5.41) is 0. The van der Waals surface area contributed by atoms with Crippen LogP contribution >= 0.6 is 24.7 Å². The van der Waals surface area contributed by atoms with Crippen LogP contribution in [0.3, 0.4) is 0 Å². The first kappa shape index (κ1) is 11.7. The molecule has 0 amide bonds. The van der Waals surface area contributed by atoms with Gasteiger partial charge >= 0.3 is 15.4 Å². The minimum absolute atomic E-state index is 0.244. The normalized spacial score (nSPS) is 17.8. The highest BCUT2D eigenvalue weighted by atomic mass is 31.3. The van der Waals surface area contributed by atoms with Crippen molar-refractivity contribution in [1.82, 2.24) is 0 Å². The van der Waals surface area contributed by atoms with Crippen LogP contribution in [-0.4, -0.2) is 27.0 Å². The fourth-order valence-corrected chi connectivity index (χ4v) is 3.33. The summed E-state index contributed by atoms with van der Waals surface area (Å²) >= 11 is 0. The van der Waals surface area contributed by atoms with E-state index in [1.54, 1.807) is 0 Å². The third kappa shape index (κ3) is 7.10. The Labute approximate surface area is 65.9 Å². The molecule has 9 heteroatoms. The van der Waals surface area contributed by atoms with Gasteiger partial charge in [0.2, 0.25) is 0 Å². The summed E-state index contributed by atoms with van der Waals surface area (Å²) in [6.07, 6.45) is -0.0451. The van der Waals surface area contributed by atoms with Crippen molar-refractivity contribution in [2.75, 3.05) is 12.3 Å². The molecular weight excluding hydrogens is 213 g/mol. The molecule has 0 saturated heterocycles. The molecule has 3 N–H and O–H groups in total. The predicted molar refractivity (Wildman–Crippen MR) is 42.4 cm³/mol. The first-order valence-electron chi connectivity index (χ1n) is 2.55. The van der Waals surface area contributed by atoms with Gasteiger partial charge in [0.05, 0.1) is 6.16 Å². The zero-order chi connectivity index (χ0) is 9.12. The smallest absolute Gasteiger partial charge is 0.324 e. The molecule has 11 heavy (non-hydrogen) atoms. The Morgan fingerprint density at radius 1 is 1.27 bits per heavy atom. The van der Waals surface area contributed by atoms with Crippen LogP contribution in [0.2, 0.25) is 0 Å². The third-order valence-corrected chi connectivity index (χ3v) is 4.12. The van der Waals surface area contributed by atoms with Crippen molar-refractivity contribution in [2.24, 2.45) is 0 Å². The maximum atomic E-state index is 10.7. The fraction of sp³-hybridized carbons (Fsp3) is 1.00. The lowest BCUT2D eigenvalue weighted by molar-refractivity contribution is 0.264. The van der Waals surface area contributed by atoms with E-state index >= 15 is 0 Å². The first-order valence-corrected chi connectivity index (χ1v) is 6.66. The van der Waals surface area contributed by atoms with Gasteiger partial charge in [0, 0.05) is 0 Å². The van der Waals surface area contributed by atoms with Gasteiger partial charge in [-0.15, -0.1) is 9.24 Å². The summed E-state index contributed by atoms with van der Waals surface area (Å²) in [7, 11) is -6.79. The van der Waals surface area contributed by atoms with Gasteiger partial charge in [-0.05, 0) is 6.16 Å². The summed E-state index contributed by atoms with van der Waals surface area (Å²) in [6, 6.07) is 0. The topological polar surface area (TPSA) is 104 Å². The number of phosphoric acid groups is 1. The van der Waals surface area contributed by atoms with Gasteiger partial charge in [-0.25, -0.2) is 8.88 Å². The number of rotatable bonds is 4. The van der Waals surface area contributed by atoms with E-state index in [-0.39, 0.29) is 12.3 Å². The highest BCUT2D eigenvalue weighted by Crippen LogP contribution is 2.56. The van der Waals surface area contributed by atoms with Gasteiger partial charge in [-0.3, -0.25) is 4.57 Å². The van der Waals surface area contributed by atoms with E-state index in [1.165, 1.54) is 0 Å². The SMILES string of the molecule is O=P(O)(O)OP(=O)(O)CCP. The molecule has 0 bridgehead atoms. The molecule has 0 aromatic rings. The Morgan fingerprint density at radius 3 is 2.00 bits per heavy atom. The average molecular weight is 222 g/mol. The first-order chi connectivity index (χ1) is 4.77. The maximum Gasteiger partial charge on any atom is 0.476 e. The molecule has 0 spiro atoms. The maximum absolute atomic E-state index is 10.7. The van der Waals surface area contributed by atoms with Crippen LogP contribution in [0.1, 0.15) is 0 Å². The zero-order valence-electron chi connectivity index (χ0n) is 5.45. The van der Waals surface area contributed by atoms with Crippen molar-refractivity contribution in [3.8, 4) is 0 Å². The van der Waals surface area contributed by atoms with E-state index in [1.807, 2.05) is 0 Å². The van der Waals surface area contributed by atoms with Crippen molar-refractivity contribution in [3.63, 3.8) is 0 Å². The van der Waals surface area contributed by atoms with E-state index in [2.05, 4.69) is 13.6 Å². The number of hydrogen-bond donors (Lipinski definition) is 3. The molecular formula is C2H9O6P3. The molecule has 0 saturated carbocycles. The van der Waals surface area contributed by atoms with Crippen LogP contribution in [0.25, 0.3) is 0 Å². The summed E-state index contributed by atoms with van der Waals surface area (Å²) in [4.78, 5) is 24.9. The standard InChI is InChI=1S/C2H9O6P3/c3-10(4,2-1-9)8-11(5,6)7/h1-2,9H2,(H,3,4)(H2,5,6,7). The Kier molecular flexibility index (Phi) is 4.38. The van der Waals surface area contributed by atoms with Gasteiger partial charge in [-0.2, -0.15) is 0 Å². The van der Waals surface area contributed by atoms with Crippen LogP contribution in [0.4, 0.5) is 0 Å². The van der Waals surface area contributed by atoms with E-state index in [0.29, 0.717) is 0 Å². The van der Waals surface area contributed by atoms with Crippen LogP contribution < -0.4 is 0 Å². The van der Waals surface area contributed by atoms with E-state index < -0.39 is 15.4 Å². The summed E-state index contributed by atoms with van der Waals surface area (Å²) < 4.78 is 24.3. The molecule has 0 aliphatic heterocycles. The molecule has 0 heterocycles. The fourth-order valence-electron chi connectivity index (χ4n) is 0.370. The molecule has 6 nitrogen and oxygen atoms in total. The molecule has 0 radical (unpaired) electrons. The van der Waals surface area contributed by atoms with Crippen LogP contribution in [0.15, 0.2) is 0 Å². The molecule has 0 rings (SSSR count). The highest BCUT2D eigenvalue weighted by molar-refractivity contribution is 7.63. The van der Waals surface area contributed by atoms with Crippen LogP contribution in [0, 0.1) is 0 Å². The lowest BCUT2D eigenvalue weighted by atomic mass is 11.0. The van der Waals surface area contributed by atoms with Crippen LogP contribution in [-0.2, 0) is 13.4 Å². The van der Waals surface area contributed by atoms with Crippen molar-refractivity contribution >= 4 is 24.7 Å². The monoisotopic (exact) mass is 222 g/mol. The van der Waals surface area contributed by atoms with Gasteiger partial charge in [0.25, 0.3) is 0 Å². The van der Waals surface area contributed by atoms with E-state index in [4.69, 9.17) is 14.7 Å². The minimum Gasteiger partial charge on any atom is -0.324 e. The number of hydrogen-bond acceptors (Lipinski definition) is 3. The van der Waals surface area contributed by atoms with E-state index in [0.717, 1.165) is 0 Å². The third-order valence-electron chi connectivity index (χ3n) is 0.646. The minimum atomic E-state index is -4.84. The molecule has 0 aromatic heterocycles. The van der Waals surface area contributed by atoms with Crippen molar-refractivity contribution < 1.29 is 28.1 Å². The van der Waals surface area contributed by atoms with Gasteiger partial charge < -0.3 is 14.7 Å². The molecule has 0 aromatic carbocycles. The Morgan fingerprint density at radius 2 is 1.73 bits per heavy atom. The van der Waals surface area contributed by atoms with Gasteiger partial charge in [0.15, 0.2) is 0 Å². The molecule has 68 valence electrons. The summed E-state index contributed by atoms with van der Waals surface area (Å²) in [6.45, 7) is 0. The Bertz CT molecular complexity index is 206. The van der Waals surface area contributed by atoms with Crippen molar-refractivity contribution in [3.05, 3.63) is 0 Å². The Balaban J connectivity index is 4.14. The Hall–Kier alpha value is 0.730. The highest BCUT2D eigenvalue weighted by Gasteiger charge is 2.29. The largest absolute Gasteiger partial charge is 0.476 e. The molecule has 2 atom stereocenters. The van der Waals surface area contributed by atoms with Gasteiger partial charge in [0.1, 0.15) is 0 Å². The van der Waals surface area contributed by atoms with Gasteiger partial charge in [-0.1, -0.05) is 0 Å². The second-order valence-electron chi connectivity index (χ2n) is 1.72. The summed E-state index contributed by atoms with van der Waals surface area (Å²) in [5.41, 5.74) is 0. The second kappa shape index (κ2) is 4.11. The van der Waals surface area contributed by atoms with Crippen molar-refractivity contribution in [2.45, 2.75) is 0 Å². The average Bonchev–Trinajstić information content (AvgIpc) is 1.55. The predicted octanol–water partition coefficient (Wildman–Crippen LogP) is 0.156. The zero-order valence-corrected chi connectivity index (χ0v) is 8.40. The summed E-state index contributed by atoms with van der Waals surface area (Å²) in [5.74, 6) is 0.